The van der Waals surface area contributed by atoms with Crippen LogP contribution in [0.5, 0.6) is 0 Å². The molecule has 2 rings (SSSR count). The average molecular weight is 251 g/mol. The van der Waals surface area contributed by atoms with Gasteiger partial charge in [-0.2, -0.15) is 11.8 Å². The highest BCUT2D eigenvalue weighted by atomic mass is 32.2. The Labute approximate surface area is 108 Å². The molecule has 94 valence electrons. The molecule has 1 heterocycles. The summed E-state index contributed by atoms with van der Waals surface area (Å²) in [6.07, 6.45) is 6.56. The van der Waals surface area contributed by atoms with Gasteiger partial charge in [-0.25, -0.2) is 9.97 Å². The summed E-state index contributed by atoms with van der Waals surface area (Å²) in [5.41, 5.74) is 8.30. The van der Waals surface area contributed by atoms with E-state index in [0.29, 0.717) is 5.92 Å². The first-order valence-electron chi connectivity index (χ1n) is 6.45. The van der Waals surface area contributed by atoms with Gasteiger partial charge in [-0.05, 0) is 49.5 Å². The van der Waals surface area contributed by atoms with Crippen molar-refractivity contribution in [3.63, 3.8) is 0 Å². The van der Waals surface area contributed by atoms with E-state index in [2.05, 4.69) is 16.9 Å². The smallest absolute Gasteiger partial charge is 0.138 e. The Hall–Kier alpha value is -0.610. The molecule has 0 spiro atoms. The molecule has 3 nitrogen and oxygen atoms in total. The fourth-order valence-electron chi connectivity index (χ4n) is 2.20. The molecule has 0 aromatic carbocycles. The highest BCUT2D eigenvalue weighted by molar-refractivity contribution is 7.98. The highest BCUT2D eigenvalue weighted by Gasteiger charge is 2.19. The maximum atomic E-state index is 5.73. The van der Waals surface area contributed by atoms with Crippen LogP contribution in [0.1, 0.15) is 36.8 Å². The van der Waals surface area contributed by atoms with Crippen molar-refractivity contribution < 1.29 is 0 Å². The minimum absolute atomic E-state index is 0.631. The first kappa shape index (κ1) is 12.8. The second-order valence-corrected chi connectivity index (χ2v) is 5.76. The Morgan fingerprint density at radius 1 is 1.53 bits per heavy atom. The number of nitrogens with zero attached hydrogens (tertiary/aromatic N) is 2. The van der Waals surface area contributed by atoms with Crippen molar-refractivity contribution in [2.75, 3.05) is 12.3 Å². The lowest BCUT2D eigenvalue weighted by Crippen LogP contribution is -2.23. The van der Waals surface area contributed by atoms with E-state index in [1.165, 1.54) is 29.9 Å². The Morgan fingerprint density at radius 2 is 2.41 bits per heavy atom. The van der Waals surface area contributed by atoms with Crippen molar-refractivity contribution in [3.05, 3.63) is 23.3 Å². The van der Waals surface area contributed by atoms with Gasteiger partial charge in [-0.15, -0.1) is 0 Å². The summed E-state index contributed by atoms with van der Waals surface area (Å²) < 4.78 is 0. The standard InChI is InChI=1S/C13H21N3S/c1-2-5-17-9-13-15-8-11-6-10(7-14)3-4-12(11)16-13/h8,10H,2-7,9,14H2,1H3. The van der Waals surface area contributed by atoms with Crippen molar-refractivity contribution in [2.24, 2.45) is 11.7 Å². The van der Waals surface area contributed by atoms with Crippen LogP contribution in [-0.4, -0.2) is 22.3 Å². The molecule has 1 aliphatic rings. The molecule has 1 aromatic rings. The average Bonchev–Trinajstić information content (AvgIpc) is 2.38. The van der Waals surface area contributed by atoms with E-state index in [1.807, 2.05) is 18.0 Å². The van der Waals surface area contributed by atoms with Gasteiger partial charge in [-0.1, -0.05) is 6.92 Å². The Balaban J connectivity index is 2.00. The largest absolute Gasteiger partial charge is 0.330 e. The minimum Gasteiger partial charge on any atom is -0.330 e. The van der Waals surface area contributed by atoms with Gasteiger partial charge in [0.15, 0.2) is 0 Å². The molecule has 0 aliphatic heterocycles. The van der Waals surface area contributed by atoms with Crippen molar-refractivity contribution >= 4 is 11.8 Å². The van der Waals surface area contributed by atoms with E-state index in [0.717, 1.165) is 31.0 Å². The van der Waals surface area contributed by atoms with Gasteiger partial charge < -0.3 is 5.73 Å². The Bertz CT molecular complexity index is 368. The van der Waals surface area contributed by atoms with Crippen molar-refractivity contribution in [1.82, 2.24) is 9.97 Å². The maximum absolute atomic E-state index is 5.73. The van der Waals surface area contributed by atoms with Crippen LogP contribution in [-0.2, 0) is 18.6 Å². The van der Waals surface area contributed by atoms with Gasteiger partial charge in [0.1, 0.15) is 5.82 Å². The maximum Gasteiger partial charge on any atom is 0.138 e. The van der Waals surface area contributed by atoms with E-state index in [4.69, 9.17) is 5.73 Å². The lowest BCUT2D eigenvalue weighted by molar-refractivity contribution is 0.460. The Morgan fingerprint density at radius 3 is 3.18 bits per heavy atom. The summed E-state index contributed by atoms with van der Waals surface area (Å²) in [5, 5.41) is 0. The van der Waals surface area contributed by atoms with Crippen LogP contribution in [0.3, 0.4) is 0 Å². The molecule has 0 saturated heterocycles. The molecule has 0 radical (unpaired) electrons. The van der Waals surface area contributed by atoms with Crippen LogP contribution in [0.4, 0.5) is 0 Å². The van der Waals surface area contributed by atoms with E-state index >= 15 is 0 Å². The van der Waals surface area contributed by atoms with Gasteiger partial charge in [0, 0.05) is 11.9 Å². The first-order chi connectivity index (χ1) is 8.33. The van der Waals surface area contributed by atoms with Gasteiger partial charge in [-0.3, -0.25) is 0 Å². The normalized spacial score (nSPS) is 19.1. The molecular formula is C13H21N3S. The van der Waals surface area contributed by atoms with Crippen molar-refractivity contribution in [3.8, 4) is 0 Å². The fraction of sp³-hybridized carbons (Fsp3) is 0.692. The number of rotatable bonds is 5. The van der Waals surface area contributed by atoms with Gasteiger partial charge in [0.05, 0.1) is 5.75 Å². The minimum atomic E-state index is 0.631. The topological polar surface area (TPSA) is 51.8 Å². The second kappa shape index (κ2) is 6.36. The number of fused-ring (bicyclic) bond motifs is 1. The SMILES string of the molecule is CCCSCc1ncc2c(n1)CCC(CN)C2. The number of hydrogen-bond donors (Lipinski definition) is 1. The molecule has 0 bridgehead atoms. The van der Waals surface area contributed by atoms with Crippen LogP contribution in [0.25, 0.3) is 0 Å². The lowest BCUT2D eigenvalue weighted by atomic mass is 9.87. The summed E-state index contributed by atoms with van der Waals surface area (Å²) in [6, 6.07) is 0. The van der Waals surface area contributed by atoms with Gasteiger partial charge >= 0.3 is 0 Å². The molecule has 1 atom stereocenters. The lowest BCUT2D eigenvalue weighted by Gasteiger charge is -2.22. The van der Waals surface area contributed by atoms with Crippen molar-refractivity contribution in [1.29, 1.82) is 0 Å². The zero-order valence-corrected chi connectivity index (χ0v) is 11.3. The predicted octanol–water partition coefficient (Wildman–Crippen LogP) is 2.18. The van der Waals surface area contributed by atoms with Crippen LogP contribution < -0.4 is 5.73 Å². The third-order valence-electron chi connectivity index (χ3n) is 3.22. The zero-order valence-electron chi connectivity index (χ0n) is 10.5. The van der Waals surface area contributed by atoms with Crippen LogP contribution in [0, 0.1) is 5.92 Å². The summed E-state index contributed by atoms with van der Waals surface area (Å²) in [7, 11) is 0. The van der Waals surface area contributed by atoms with E-state index in [9.17, 15) is 0 Å². The number of aryl methyl sites for hydroxylation is 1. The molecule has 0 fully saturated rings. The van der Waals surface area contributed by atoms with E-state index in [1.54, 1.807) is 0 Å². The van der Waals surface area contributed by atoms with Crippen molar-refractivity contribution in [2.45, 2.75) is 38.4 Å². The zero-order chi connectivity index (χ0) is 12.1. The first-order valence-corrected chi connectivity index (χ1v) is 7.60. The number of thioether (sulfide) groups is 1. The monoisotopic (exact) mass is 251 g/mol. The van der Waals surface area contributed by atoms with E-state index in [-0.39, 0.29) is 0 Å². The third-order valence-corrected chi connectivity index (χ3v) is 4.37. The van der Waals surface area contributed by atoms with Gasteiger partial charge in [0.25, 0.3) is 0 Å². The summed E-state index contributed by atoms with van der Waals surface area (Å²) in [5.74, 6) is 3.76. The molecule has 1 aliphatic carbocycles. The summed E-state index contributed by atoms with van der Waals surface area (Å²) >= 11 is 1.92. The summed E-state index contributed by atoms with van der Waals surface area (Å²) in [6.45, 7) is 2.99. The molecular weight excluding hydrogens is 230 g/mol. The molecule has 1 aromatic heterocycles. The van der Waals surface area contributed by atoms with Gasteiger partial charge in [0.2, 0.25) is 0 Å². The number of aromatic nitrogens is 2. The third kappa shape index (κ3) is 3.42. The molecule has 4 heteroatoms. The van der Waals surface area contributed by atoms with E-state index < -0.39 is 0 Å². The molecule has 17 heavy (non-hydrogen) atoms. The van der Waals surface area contributed by atoms with Crippen LogP contribution >= 0.6 is 11.8 Å². The van der Waals surface area contributed by atoms with Crippen LogP contribution in [0.15, 0.2) is 6.20 Å². The predicted molar refractivity (Wildman–Crippen MR) is 73.1 cm³/mol. The molecule has 2 N–H and O–H groups in total. The Kier molecular flexibility index (Phi) is 4.80. The quantitative estimate of drug-likeness (QED) is 0.815. The fourth-order valence-corrected chi connectivity index (χ4v) is 2.96. The highest BCUT2D eigenvalue weighted by Crippen LogP contribution is 2.23. The second-order valence-electron chi connectivity index (χ2n) is 4.66. The molecule has 1 unspecified atom stereocenters. The number of hydrogen-bond acceptors (Lipinski definition) is 4. The number of nitrogens with two attached hydrogens (primary N) is 1. The summed E-state index contributed by atoms with van der Waals surface area (Å²) in [4.78, 5) is 9.14. The molecule has 0 amide bonds. The molecule has 0 saturated carbocycles. The van der Waals surface area contributed by atoms with Crippen LogP contribution in [0.2, 0.25) is 0 Å².